The Labute approximate surface area is 95.7 Å². The fraction of sp³-hybridized carbons (Fsp3) is 0.500. The van der Waals surface area contributed by atoms with Crippen LogP contribution < -0.4 is 5.32 Å². The van der Waals surface area contributed by atoms with Crippen molar-refractivity contribution in [1.29, 1.82) is 0 Å². The highest BCUT2D eigenvalue weighted by atomic mass is 16.1. The fourth-order valence-corrected chi connectivity index (χ4v) is 2.30. The molecule has 0 bridgehead atoms. The van der Waals surface area contributed by atoms with Gasteiger partial charge in [-0.25, -0.2) is 4.98 Å². The second-order valence-electron chi connectivity index (χ2n) is 4.18. The number of aryl methyl sites for hydroxylation is 1. The first kappa shape index (κ1) is 10.9. The van der Waals surface area contributed by atoms with Crippen molar-refractivity contribution in [2.45, 2.75) is 25.8 Å². The van der Waals surface area contributed by atoms with E-state index in [2.05, 4.69) is 17.2 Å². The van der Waals surface area contributed by atoms with Gasteiger partial charge < -0.3 is 10.2 Å². The molecule has 1 aromatic rings. The molecule has 1 amide bonds. The van der Waals surface area contributed by atoms with Gasteiger partial charge >= 0.3 is 0 Å². The average Bonchev–Trinajstić information content (AvgIpc) is 2.76. The van der Waals surface area contributed by atoms with Crippen molar-refractivity contribution in [2.24, 2.45) is 0 Å². The number of carbonyl (C=O) groups is 1. The molecular weight excluding hydrogens is 202 g/mol. The minimum Gasteiger partial charge on any atom is -0.373 e. The van der Waals surface area contributed by atoms with Gasteiger partial charge in [0.05, 0.1) is 6.04 Å². The maximum Gasteiger partial charge on any atom is 0.210 e. The lowest BCUT2D eigenvalue weighted by Gasteiger charge is -2.21. The molecule has 1 atom stereocenters. The average molecular weight is 219 g/mol. The van der Waals surface area contributed by atoms with Crippen LogP contribution in [0.2, 0.25) is 0 Å². The summed E-state index contributed by atoms with van der Waals surface area (Å²) in [4.78, 5) is 17.1. The van der Waals surface area contributed by atoms with Crippen molar-refractivity contribution in [3.8, 4) is 0 Å². The van der Waals surface area contributed by atoms with Crippen molar-refractivity contribution in [1.82, 2.24) is 9.88 Å². The smallest absolute Gasteiger partial charge is 0.210 e. The number of nitrogens with one attached hydrogen (secondary N) is 1. The molecule has 1 aliphatic heterocycles. The molecule has 0 aliphatic carbocycles. The minimum absolute atomic E-state index is 0.218. The van der Waals surface area contributed by atoms with Gasteiger partial charge in [0.1, 0.15) is 5.82 Å². The molecule has 1 fully saturated rings. The largest absolute Gasteiger partial charge is 0.373 e. The van der Waals surface area contributed by atoms with Crippen molar-refractivity contribution in [3.63, 3.8) is 0 Å². The summed E-state index contributed by atoms with van der Waals surface area (Å²) in [6.07, 6.45) is 4.95. The molecule has 0 saturated carbocycles. The molecule has 2 heterocycles. The lowest BCUT2D eigenvalue weighted by atomic mass is 10.0. The Kier molecular flexibility index (Phi) is 3.08. The number of rotatable bonds is 3. The number of likely N-dealkylation sites (tertiary alicyclic amines) is 1. The van der Waals surface area contributed by atoms with Crippen LogP contribution in [0.5, 0.6) is 0 Å². The summed E-state index contributed by atoms with van der Waals surface area (Å²) in [5.74, 6) is 0.872. The first-order chi connectivity index (χ1) is 7.76. The van der Waals surface area contributed by atoms with Crippen LogP contribution in [0.25, 0.3) is 0 Å². The van der Waals surface area contributed by atoms with Gasteiger partial charge in [0, 0.05) is 19.8 Å². The number of nitrogens with zero attached hydrogens (tertiary/aromatic N) is 2. The maximum atomic E-state index is 10.9. The monoisotopic (exact) mass is 219 g/mol. The first-order valence-corrected chi connectivity index (χ1v) is 5.61. The second-order valence-corrected chi connectivity index (χ2v) is 4.18. The molecule has 16 heavy (non-hydrogen) atoms. The Balaban J connectivity index is 2.29. The van der Waals surface area contributed by atoms with Crippen molar-refractivity contribution < 1.29 is 4.79 Å². The molecule has 1 saturated heterocycles. The number of carbonyl (C=O) groups excluding carboxylic acids is 1. The van der Waals surface area contributed by atoms with E-state index in [-0.39, 0.29) is 6.04 Å². The Hall–Kier alpha value is -1.58. The zero-order valence-electron chi connectivity index (χ0n) is 9.73. The highest BCUT2D eigenvalue weighted by Crippen LogP contribution is 2.32. The third kappa shape index (κ3) is 1.87. The number of hydrogen-bond donors (Lipinski definition) is 1. The van der Waals surface area contributed by atoms with Crippen LogP contribution in [0, 0.1) is 6.92 Å². The lowest BCUT2D eigenvalue weighted by Crippen LogP contribution is -2.22. The molecule has 2 rings (SSSR count). The molecule has 1 aromatic heterocycles. The number of hydrogen-bond acceptors (Lipinski definition) is 3. The molecule has 4 heteroatoms. The SMILES string of the molecule is CNc1cc(C)c([C@H]2CCCN2C=O)cn1. The molecule has 0 spiro atoms. The van der Waals surface area contributed by atoms with Gasteiger partial charge in [0.25, 0.3) is 0 Å². The van der Waals surface area contributed by atoms with E-state index in [4.69, 9.17) is 0 Å². The van der Waals surface area contributed by atoms with Crippen molar-refractivity contribution >= 4 is 12.2 Å². The molecule has 1 aliphatic rings. The zero-order valence-corrected chi connectivity index (χ0v) is 9.73. The van der Waals surface area contributed by atoms with E-state index in [1.54, 1.807) is 0 Å². The summed E-state index contributed by atoms with van der Waals surface area (Å²) in [6, 6.07) is 2.24. The Morgan fingerprint density at radius 1 is 1.62 bits per heavy atom. The summed E-state index contributed by atoms with van der Waals surface area (Å²) in [7, 11) is 1.86. The summed E-state index contributed by atoms with van der Waals surface area (Å²) >= 11 is 0. The first-order valence-electron chi connectivity index (χ1n) is 5.61. The quantitative estimate of drug-likeness (QED) is 0.787. The van der Waals surface area contributed by atoms with Gasteiger partial charge in [-0.15, -0.1) is 0 Å². The molecule has 0 unspecified atom stereocenters. The van der Waals surface area contributed by atoms with Crippen LogP contribution in [0.1, 0.15) is 30.0 Å². The summed E-state index contributed by atoms with van der Waals surface area (Å²) in [6.45, 7) is 2.93. The lowest BCUT2D eigenvalue weighted by molar-refractivity contribution is -0.118. The summed E-state index contributed by atoms with van der Waals surface area (Å²) in [5.41, 5.74) is 2.36. The number of anilines is 1. The maximum absolute atomic E-state index is 10.9. The van der Waals surface area contributed by atoms with Gasteiger partial charge in [0.2, 0.25) is 6.41 Å². The van der Waals surface area contributed by atoms with Gasteiger partial charge in [-0.2, -0.15) is 0 Å². The van der Waals surface area contributed by atoms with Crippen molar-refractivity contribution in [3.05, 3.63) is 23.4 Å². The third-order valence-corrected chi connectivity index (χ3v) is 3.20. The van der Waals surface area contributed by atoms with Crippen LogP contribution in [0.4, 0.5) is 5.82 Å². The van der Waals surface area contributed by atoms with E-state index >= 15 is 0 Å². The predicted octanol–water partition coefficient (Wildman–Crippen LogP) is 1.73. The predicted molar refractivity (Wildman–Crippen MR) is 63.3 cm³/mol. The zero-order chi connectivity index (χ0) is 11.5. The van der Waals surface area contributed by atoms with Gasteiger partial charge in [-0.1, -0.05) is 0 Å². The van der Waals surface area contributed by atoms with E-state index < -0.39 is 0 Å². The molecule has 0 radical (unpaired) electrons. The van der Waals surface area contributed by atoms with Gasteiger partial charge in [0.15, 0.2) is 0 Å². The van der Waals surface area contributed by atoms with E-state index in [1.807, 2.05) is 24.2 Å². The Bertz CT molecular complexity index is 392. The fourth-order valence-electron chi connectivity index (χ4n) is 2.30. The molecule has 86 valence electrons. The summed E-state index contributed by atoms with van der Waals surface area (Å²) in [5, 5.41) is 3.02. The molecule has 1 N–H and O–H groups in total. The molecule has 4 nitrogen and oxygen atoms in total. The van der Waals surface area contributed by atoms with Gasteiger partial charge in [-0.05, 0) is 37.0 Å². The van der Waals surface area contributed by atoms with Crippen molar-refractivity contribution in [2.75, 3.05) is 18.9 Å². The topological polar surface area (TPSA) is 45.2 Å². The highest BCUT2D eigenvalue weighted by molar-refractivity contribution is 5.51. The standard InChI is InChI=1S/C12H17N3O/c1-9-6-12(13-2)14-7-10(9)11-4-3-5-15(11)8-16/h6-8,11H,3-5H2,1-2H3,(H,13,14)/t11-/m1/s1. The van der Waals surface area contributed by atoms with E-state index in [0.29, 0.717) is 0 Å². The number of amides is 1. The third-order valence-electron chi connectivity index (χ3n) is 3.20. The second kappa shape index (κ2) is 4.51. The van der Waals surface area contributed by atoms with Gasteiger partial charge in [-0.3, -0.25) is 4.79 Å². The minimum atomic E-state index is 0.218. The van der Waals surface area contributed by atoms with Crippen LogP contribution in [-0.2, 0) is 4.79 Å². The number of aromatic nitrogens is 1. The van der Waals surface area contributed by atoms with Crippen LogP contribution in [0.15, 0.2) is 12.3 Å². The highest BCUT2D eigenvalue weighted by Gasteiger charge is 2.25. The van der Waals surface area contributed by atoms with E-state index in [0.717, 1.165) is 31.6 Å². The van der Waals surface area contributed by atoms with Crippen LogP contribution in [-0.4, -0.2) is 29.9 Å². The summed E-state index contributed by atoms with van der Waals surface area (Å²) < 4.78 is 0. The molecule has 0 aromatic carbocycles. The number of pyridine rings is 1. The van der Waals surface area contributed by atoms with E-state index in [1.165, 1.54) is 11.1 Å². The van der Waals surface area contributed by atoms with Crippen LogP contribution in [0.3, 0.4) is 0 Å². The normalized spacial score (nSPS) is 19.9. The molecular formula is C12H17N3O. The Morgan fingerprint density at radius 3 is 3.06 bits per heavy atom. The van der Waals surface area contributed by atoms with E-state index in [9.17, 15) is 4.79 Å². The van der Waals surface area contributed by atoms with Crippen LogP contribution >= 0.6 is 0 Å². The Morgan fingerprint density at radius 2 is 2.44 bits per heavy atom.